The molecule has 5 atom stereocenters. The summed E-state index contributed by atoms with van der Waals surface area (Å²) in [5.74, 6) is -1.84. The summed E-state index contributed by atoms with van der Waals surface area (Å²) in [4.78, 5) is 30.5. The molecular formula is C22H34N2O5. The summed E-state index contributed by atoms with van der Waals surface area (Å²) in [6.07, 6.45) is 5.76. The molecule has 3 fully saturated rings. The number of carbonyl (C=O) groups is 2. The molecule has 162 valence electrons. The molecule has 1 aliphatic carbocycles. The van der Waals surface area contributed by atoms with Crippen molar-refractivity contribution in [2.24, 2.45) is 11.8 Å². The van der Waals surface area contributed by atoms with Crippen molar-refractivity contribution in [3.8, 4) is 0 Å². The van der Waals surface area contributed by atoms with Crippen LogP contribution in [0.4, 0.5) is 0 Å². The van der Waals surface area contributed by atoms with E-state index in [0.29, 0.717) is 0 Å². The third kappa shape index (κ3) is 3.26. The average Bonchev–Trinajstić information content (AvgIpc) is 3.47. The molecule has 4 aliphatic rings. The Morgan fingerprint density at radius 1 is 0.966 bits per heavy atom. The summed E-state index contributed by atoms with van der Waals surface area (Å²) in [5.41, 5.74) is 0.920. The summed E-state index contributed by atoms with van der Waals surface area (Å²) < 4.78 is 17.5. The number of nitrogens with zero attached hydrogens (tertiary/aromatic N) is 2. The second-order valence-corrected chi connectivity index (χ2v) is 8.97. The zero-order chi connectivity index (χ0) is 20.8. The highest BCUT2D eigenvalue weighted by molar-refractivity contribution is 5.99. The highest BCUT2D eigenvalue weighted by Gasteiger charge is 2.60. The van der Waals surface area contributed by atoms with Gasteiger partial charge in [0.25, 0.3) is 5.79 Å². The standard InChI is InChI=1S/C22H34N2O5/c1-14-15(2)21(26)29-19(14)16-13-17(25)22(27-3,28-4)20(24-11-7-8-12-24)18(16)23-9-5-6-10-23/h13-15,18-20H,5-12H2,1-4H3/t14-,15+,18?,19-,20?/m1/s1. The monoisotopic (exact) mass is 406 g/mol. The van der Waals surface area contributed by atoms with Gasteiger partial charge in [-0.1, -0.05) is 13.8 Å². The molecular weight excluding hydrogens is 372 g/mol. The van der Waals surface area contributed by atoms with E-state index in [9.17, 15) is 9.59 Å². The molecule has 0 amide bonds. The molecule has 0 spiro atoms. The van der Waals surface area contributed by atoms with Crippen LogP contribution in [-0.4, -0.2) is 85.9 Å². The molecule has 3 aliphatic heterocycles. The first-order valence-corrected chi connectivity index (χ1v) is 11.0. The van der Waals surface area contributed by atoms with Gasteiger partial charge in [-0.25, -0.2) is 0 Å². The second-order valence-electron chi connectivity index (χ2n) is 8.97. The van der Waals surface area contributed by atoms with Gasteiger partial charge in [-0.15, -0.1) is 0 Å². The van der Waals surface area contributed by atoms with Gasteiger partial charge in [-0.2, -0.15) is 0 Å². The fourth-order valence-corrected chi connectivity index (χ4v) is 5.73. The number of carbonyl (C=O) groups excluding carboxylic acids is 2. The molecule has 0 saturated carbocycles. The number of esters is 1. The van der Waals surface area contributed by atoms with E-state index in [0.717, 1.165) is 57.4 Å². The molecule has 0 aromatic carbocycles. The zero-order valence-corrected chi connectivity index (χ0v) is 18.1. The van der Waals surface area contributed by atoms with Crippen LogP contribution in [0.25, 0.3) is 0 Å². The van der Waals surface area contributed by atoms with Gasteiger partial charge in [0.05, 0.1) is 18.0 Å². The van der Waals surface area contributed by atoms with E-state index >= 15 is 0 Å². The average molecular weight is 407 g/mol. The molecule has 2 unspecified atom stereocenters. The van der Waals surface area contributed by atoms with Crippen molar-refractivity contribution in [3.63, 3.8) is 0 Å². The maximum Gasteiger partial charge on any atom is 0.309 e. The van der Waals surface area contributed by atoms with Gasteiger partial charge in [0, 0.05) is 20.1 Å². The largest absolute Gasteiger partial charge is 0.457 e. The highest BCUT2D eigenvalue weighted by atomic mass is 16.7. The number of hydrogen-bond donors (Lipinski definition) is 0. The van der Waals surface area contributed by atoms with Gasteiger partial charge >= 0.3 is 5.97 Å². The summed E-state index contributed by atoms with van der Waals surface area (Å²) >= 11 is 0. The lowest BCUT2D eigenvalue weighted by Gasteiger charge is -2.51. The maximum atomic E-state index is 13.4. The minimum Gasteiger partial charge on any atom is -0.457 e. The molecule has 7 heteroatoms. The normalized spacial score (nSPS) is 38.5. The Bertz CT molecular complexity index is 677. The quantitative estimate of drug-likeness (QED) is 0.508. The van der Waals surface area contributed by atoms with Crippen molar-refractivity contribution in [1.29, 1.82) is 0 Å². The number of likely N-dealkylation sites (tertiary alicyclic amines) is 2. The van der Waals surface area contributed by atoms with Gasteiger partial charge in [-0.05, 0) is 63.5 Å². The molecule has 4 rings (SSSR count). The second kappa shape index (κ2) is 8.10. The van der Waals surface area contributed by atoms with Crippen molar-refractivity contribution >= 4 is 11.8 Å². The van der Waals surface area contributed by atoms with E-state index in [1.165, 1.54) is 0 Å². The minimum absolute atomic E-state index is 0.0310. The van der Waals surface area contributed by atoms with Crippen LogP contribution in [0.5, 0.6) is 0 Å². The maximum absolute atomic E-state index is 13.4. The summed E-state index contributed by atoms with van der Waals surface area (Å²) in [6, 6.07) is -0.328. The van der Waals surface area contributed by atoms with E-state index in [4.69, 9.17) is 14.2 Å². The lowest BCUT2D eigenvalue weighted by atomic mass is 9.76. The van der Waals surface area contributed by atoms with E-state index in [-0.39, 0.29) is 41.8 Å². The Labute approximate surface area is 173 Å². The van der Waals surface area contributed by atoms with Gasteiger partial charge in [0.2, 0.25) is 5.78 Å². The third-order valence-electron chi connectivity index (χ3n) is 7.56. The summed E-state index contributed by atoms with van der Waals surface area (Å²) in [5, 5.41) is 0. The van der Waals surface area contributed by atoms with Crippen LogP contribution in [0.2, 0.25) is 0 Å². The van der Waals surface area contributed by atoms with Crippen LogP contribution in [-0.2, 0) is 23.8 Å². The number of ketones is 1. The lowest BCUT2D eigenvalue weighted by molar-refractivity contribution is -0.239. The van der Waals surface area contributed by atoms with Crippen LogP contribution in [0, 0.1) is 11.8 Å². The van der Waals surface area contributed by atoms with E-state index < -0.39 is 5.79 Å². The first kappa shape index (κ1) is 21.0. The van der Waals surface area contributed by atoms with Crippen LogP contribution < -0.4 is 0 Å². The number of rotatable bonds is 5. The number of ether oxygens (including phenoxy) is 3. The van der Waals surface area contributed by atoms with Crippen LogP contribution in [0.1, 0.15) is 39.5 Å². The minimum atomic E-state index is -1.33. The number of methoxy groups -OCH3 is 2. The van der Waals surface area contributed by atoms with Crippen molar-refractivity contribution in [2.45, 2.75) is 63.5 Å². The van der Waals surface area contributed by atoms with Crippen LogP contribution in [0.15, 0.2) is 11.6 Å². The van der Waals surface area contributed by atoms with E-state index in [2.05, 4.69) is 9.80 Å². The van der Waals surface area contributed by atoms with Gasteiger partial charge in [-0.3, -0.25) is 19.4 Å². The van der Waals surface area contributed by atoms with Crippen LogP contribution >= 0.6 is 0 Å². The van der Waals surface area contributed by atoms with Gasteiger partial charge < -0.3 is 14.2 Å². The van der Waals surface area contributed by atoms with Crippen LogP contribution in [0.3, 0.4) is 0 Å². The Morgan fingerprint density at radius 2 is 1.52 bits per heavy atom. The van der Waals surface area contributed by atoms with Gasteiger partial charge in [0.15, 0.2) is 0 Å². The molecule has 3 saturated heterocycles. The first-order chi connectivity index (χ1) is 13.9. The summed E-state index contributed by atoms with van der Waals surface area (Å²) in [6.45, 7) is 7.73. The molecule has 3 heterocycles. The first-order valence-electron chi connectivity index (χ1n) is 11.0. The van der Waals surface area contributed by atoms with Crippen molar-refractivity contribution in [2.75, 3.05) is 40.4 Å². The topological polar surface area (TPSA) is 68.3 Å². The Kier molecular flexibility index (Phi) is 5.86. The number of cyclic esters (lactones) is 1. The van der Waals surface area contributed by atoms with Gasteiger partial charge in [0.1, 0.15) is 6.10 Å². The van der Waals surface area contributed by atoms with E-state index in [1.807, 2.05) is 13.8 Å². The molecule has 7 nitrogen and oxygen atoms in total. The number of hydrogen-bond acceptors (Lipinski definition) is 7. The molecule has 0 bridgehead atoms. The Balaban J connectivity index is 1.82. The molecule has 0 N–H and O–H groups in total. The zero-order valence-electron chi connectivity index (χ0n) is 18.1. The van der Waals surface area contributed by atoms with Crippen molar-refractivity contribution < 1.29 is 23.8 Å². The summed E-state index contributed by atoms with van der Waals surface area (Å²) in [7, 11) is 3.12. The van der Waals surface area contributed by atoms with Crippen molar-refractivity contribution in [3.05, 3.63) is 11.6 Å². The predicted molar refractivity (Wildman–Crippen MR) is 107 cm³/mol. The smallest absolute Gasteiger partial charge is 0.309 e. The molecule has 0 radical (unpaired) electrons. The molecule has 29 heavy (non-hydrogen) atoms. The predicted octanol–water partition coefficient (Wildman–Crippen LogP) is 1.61. The van der Waals surface area contributed by atoms with Crippen molar-refractivity contribution in [1.82, 2.24) is 9.80 Å². The molecule has 0 aromatic heterocycles. The lowest BCUT2D eigenvalue weighted by Crippen LogP contribution is -2.69. The third-order valence-corrected chi connectivity index (χ3v) is 7.56. The Morgan fingerprint density at radius 3 is 2.00 bits per heavy atom. The highest BCUT2D eigenvalue weighted by Crippen LogP contribution is 2.43. The van der Waals surface area contributed by atoms with E-state index in [1.54, 1.807) is 20.3 Å². The fourth-order valence-electron chi connectivity index (χ4n) is 5.73. The molecule has 0 aromatic rings. The fraction of sp³-hybridized carbons (Fsp3) is 0.818. The SMILES string of the molecule is COC1(OC)C(=O)C=C([C@@H]2OC(=O)[C@@H](C)[C@H]2C)C(N2CCCC2)C1N1CCCC1. The Hall–Kier alpha value is -1.28.